The maximum atomic E-state index is 12.2. The molecular weight excluding hydrogens is 380 g/mol. The number of halogens is 1. The Morgan fingerprint density at radius 1 is 1.16 bits per heavy atom. The topological polar surface area (TPSA) is 54.4 Å². The first-order chi connectivity index (χ1) is 11.7. The number of carbonyl (C=O) groups is 2. The lowest BCUT2D eigenvalue weighted by molar-refractivity contribution is -0.134. The molecule has 7 atom stereocenters. The van der Waals surface area contributed by atoms with Crippen LogP contribution in [0, 0.1) is 34.5 Å². The smallest absolute Gasteiger partial charge is 0.172 e. The molecule has 3 nitrogen and oxygen atoms in total. The Bertz CT molecular complexity index is 668. The van der Waals surface area contributed by atoms with Gasteiger partial charge in [-0.05, 0) is 90.1 Å². The molecule has 25 heavy (non-hydrogen) atoms. The lowest BCUT2D eigenvalue weighted by Crippen LogP contribution is -2.55. The molecule has 3 saturated carbocycles. The van der Waals surface area contributed by atoms with Gasteiger partial charge in [0, 0.05) is 17.8 Å². The lowest BCUT2D eigenvalue weighted by atomic mass is 9.46. The molecule has 138 valence electrons. The average Bonchev–Trinajstić information content (AvgIpc) is 2.90. The second-order valence-corrected chi connectivity index (χ2v) is 10.2. The summed E-state index contributed by atoms with van der Waals surface area (Å²) in [6.07, 6.45) is 5.97. The first-order valence-electron chi connectivity index (χ1n) is 9.82. The van der Waals surface area contributed by atoms with Gasteiger partial charge in [-0.2, -0.15) is 0 Å². The molecular formula is C21H29BrO3. The Morgan fingerprint density at radius 2 is 1.88 bits per heavy atom. The molecule has 0 saturated heterocycles. The van der Waals surface area contributed by atoms with Crippen LogP contribution in [-0.2, 0) is 9.59 Å². The second-order valence-electron chi connectivity index (χ2n) is 9.42. The molecule has 0 heterocycles. The van der Waals surface area contributed by atoms with E-state index in [-0.39, 0.29) is 29.0 Å². The Morgan fingerprint density at radius 3 is 2.56 bits per heavy atom. The molecule has 1 unspecified atom stereocenters. The van der Waals surface area contributed by atoms with Crippen molar-refractivity contribution in [3.63, 3.8) is 0 Å². The number of fused-ring (bicyclic) bond motifs is 5. The molecule has 4 heteroatoms. The molecule has 4 aliphatic rings. The molecule has 4 rings (SSSR count). The van der Waals surface area contributed by atoms with Crippen molar-refractivity contribution in [1.82, 2.24) is 0 Å². The summed E-state index contributed by atoms with van der Waals surface area (Å²) in [4.78, 5) is 24.4. The Hall–Kier alpha value is -0.480. The third kappa shape index (κ3) is 2.25. The molecule has 1 N–H and O–H groups in total. The third-order valence-corrected chi connectivity index (χ3v) is 9.58. The first-order valence-corrected chi connectivity index (χ1v) is 10.6. The normalized spacial score (nSPS) is 49.5. The SMILES string of the molecule is CC(=O)[C@H]1CC[C@H]2[C@@H]3CCC4=C(Br)C(=O)CC(O)[C@]4(C)[C@H]3CC[C@]12C. The number of hydrogen-bond acceptors (Lipinski definition) is 3. The maximum absolute atomic E-state index is 12.2. The van der Waals surface area contributed by atoms with E-state index in [4.69, 9.17) is 0 Å². The van der Waals surface area contributed by atoms with Crippen LogP contribution in [0.3, 0.4) is 0 Å². The van der Waals surface area contributed by atoms with Crippen LogP contribution in [0.1, 0.15) is 65.7 Å². The van der Waals surface area contributed by atoms with Gasteiger partial charge in [0.25, 0.3) is 0 Å². The number of rotatable bonds is 1. The number of aliphatic hydroxyl groups is 1. The highest BCUT2D eigenvalue weighted by molar-refractivity contribution is 9.12. The quantitative estimate of drug-likeness (QED) is 0.698. The van der Waals surface area contributed by atoms with Gasteiger partial charge in [0.1, 0.15) is 5.78 Å². The van der Waals surface area contributed by atoms with Crippen LogP contribution in [0.25, 0.3) is 0 Å². The first kappa shape index (κ1) is 17.9. The van der Waals surface area contributed by atoms with Crippen molar-refractivity contribution in [1.29, 1.82) is 0 Å². The summed E-state index contributed by atoms with van der Waals surface area (Å²) in [5.74, 6) is 2.21. The van der Waals surface area contributed by atoms with E-state index in [1.807, 2.05) is 0 Å². The summed E-state index contributed by atoms with van der Waals surface area (Å²) in [5.41, 5.74) is 1.00. The van der Waals surface area contributed by atoms with Crippen molar-refractivity contribution < 1.29 is 14.7 Å². The van der Waals surface area contributed by atoms with Crippen LogP contribution < -0.4 is 0 Å². The highest BCUT2D eigenvalue weighted by Gasteiger charge is 2.62. The van der Waals surface area contributed by atoms with Crippen LogP contribution in [0.5, 0.6) is 0 Å². The van der Waals surface area contributed by atoms with Crippen molar-refractivity contribution >= 4 is 27.5 Å². The highest BCUT2D eigenvalue weighted by Crippen LogP contribution is 2.67. The molecule has 0 aromatic rings. The summed E-state index contributed by atoms with van der Waals surface area (Å²) in [5, 5.41) is 10.9. The highest BCUT2D eigenvalue weighted by atomic mass is 79.9. The number of ketones is 2. The minimum Gasteiger partial charge on any atom is -0.392 e. The molecule has 0 aromatic carbocycles. The zero-order chi connectivity index (χ0) is 18.1. The van der Waals surface area contributed by atoms with E-state index in [2.05, 4.69) is 29.8 Å². The minimum atomic E-state index is -0.571. The fourth-order valence-corrected chi connectivity index (χ4v) is 8.13. The lowest BCUT2D eigenvalue weighted by Gasteiger charge is -2.59. The van der Waals surface area contributed by atoms with E-state index in [1.165, 1.54) is 0 Å². The van der Waals surface area contributed by atoms with E-state index in [0.29, 0.717) is 23.5 Å². The van der Waals surface area contributed by atoms with Crippen molar-refractivity contribution in [3.05, 3.63) is 10.1 Å². The zero-order valence-corrected chi connectivity index (χ0v) is 17.1. The maximum Gasteiger partial charge on any atom is 0.172 e. The van der Waals surface area contributed by atoms with Gasteiger partial charge in [-0.3, -0.25) is 9.59 Å². The van der Waals surface area contributed by atoms with E-state index in [9.17, 15) is 14.7 Å². The van der Waals surface area contributed by atoms with Gasteiger partial charge >= 0.3 is 0 Å². The van der Waals surface area contributed by atoms with Crippen molar-refractivity contribution in [2.24, 2.45) is 34.5 Å². The Kier molecular flexibility index (Phi) is 4.12. The van der Waals surface area contributed by atoms with E-state index in [1.54, 1.807) is 6.92 Å². The van der Waals surface area contributed by atoms with E-state index in [0.717, 1.165) is 48.6 Å². The molecule has 3 fully saturated rings. The molecule has 0 radical (unpaired) electrons. The fourth-order valence-electron chi connectivity index (χ4n) is 7.35. The van der Waals surface area contributed by atoms with Crippen LogP contribution in [-0.4, -0.2) is 22.8 Å². The van der Waals surface area contributed by atoms with Crippen molar-refractivity contribution in [2.45, 2.75) is 71.8 Å². The molecule has 0 amide bonds. The van der Waals surface area contributed by atoms with Gasteiger partial charge < -0.3 is 5.11 Å². The summed E-state index contributed by atoms with van der Waals surface area (Å²) >= 11 is 3.54. The van der Waals surface area contributed by atoms with E-state index >= 15 is 0 Å². The van der Waals surface area contributed by atoms with Gasteiger partial charge in [-0.15, -0.1) is 0 Å². The predicted molar refractivity (Wildman–Crippen MR) is 100 cm³/mol. The summed E-state index contributed by atoms with van der Waals surface area (Å²) in [6.45, 7) is 6.30. The van der Waals surface area contributed by atoms with Crippen LogP contribution in [0.15, 0.2) is 10.1 Å². The van der Waals surface area contributed by atoms with Crippen molar-refractivity contribution in [3.8, 4) is 0 Å². The van der Waals surface area contributed by atoms with Crippen LogP contribution >= 0.6 is 15.9 Å². The van der Waals surface area contributed by atoms with Gasteiger partial charge in [-0.1, -0.05) is 13.8 Å². The summed E-state index contributed by atoms with van der Waals surface area (Å²) in [7, 11) is 0. The third-order valence-electron chi connectivity index (χ3n) is 8.66. The largest absolute Gasteiger partial charge is 0.392 e. The van der Waals surface area contributed by atoms with Crippen molar-refractivity contribution in [2.75, 3.05) is 0 Å². The van der Waals surface area contributed by atoms with Crippen LogP contribution in [0.2, 0.25) is 0 Å². The van der Waals surface area contributed by atoms with Gasteiger partial charge in [0.05, 0.1) is 10.6 Å². The fraction of sp³-hybridized carbons (Fsp3) is 0.810. The second kappa shape index (κ2) is 5.76. The van der Waals surface area contributed by atoms with Crippen LogP contribution in [0.4, 0.5) is 0 Å². The number of aliphatic hydroxyl groups excluding tert-OH is 1. The summed E-state index contributed by atoms with van der Waals surface area (Å²) in [6, 6.07) is 0. The number of hydrogen-bond donors (Lipinski definition) is 1. The van der Waals surface area contributed by atoms with Gasteiger partial charge in [-0.25, -0.2) is 0 Å². The number of Topliss-reactive ketones (excluding diaryl/α,β-unsaturated/α-hetero) is 2. The monoisotopic (exact) mass is 408 g/mol. The average molecular weight is 409 g/mol. The van der Waals surface area contributed by atoms with Gasteiger partial charge in [0.15, 0.2) is 5.78 Å². The standard InChI is InChI=1S/C21H29BrO3/c1-11(23)13-6-7-14-12-4-5-16-19(22)17(24)10-18(25)21(16,3)15(12)8-9-20(13,14)2/h12-15,18,25H,4-10H2,1-3H3/t12-,13+,14-,15-,18?,20+,21+/m0/s1. The molecule has 0 bridgehead atoms. The molecule has 0 spiro atoms. The number of carbonyl (C=O) groups excluding carboxylic acids is 2. The zero-order valence-electron chi connectivity index (χ0n) is 15.5. The molecule has 4 aliphatic carbocycles. The molecule has 0 aliphatic heterocycles. The van der Waals surface area contributed by atoms with E-state index < -0.39 is 6.10 Å². The minimum absolute atomic E-state index is 0.0524. The van der Waals surface area contributed by atoms with Gasteiger partial charge in [0.2, 0.25) is 0 Å². The Balaban J connectivity index is 1.73. The Labute approximate surface area is 158 Å². The molecule has 0 aromatic heterocycles. The summed E-state index contributed by atoms with van der Waals surface area (Å²) < 4.78 is 0.736. The predicted octanol–water partition coefficient (Wildman–Crippen LogP) is 4.42.